The number of halogens is 2. The molecule has 9 heteroatoms. The highest BCUT2D eigenvalue weighted by Crippen LogP contribution is 2.28. The summed E-state index contributed by atoms with van der Waals surface area (Å²) < 4.78 is 10.5. The lowest BCUT2D eigenvalue weighted by Crippen LogP contribution is -2.46. The van der Waals surface area contributed by atoms with Crippen molar-refractivity contribution in [2.45, 2.75) is 13.1 Å². The van der Waals surface area contributed by atoms with E-state index in [1.54, 1.807) is 7.11 Å². The van der Waals surface area contributed by atoms with Gasteiger partial charge in [-0.2, -0.15) is 4.98 Å². The lowest BCUT2D eigenvalue weighted by Gasteiger charge is -2.36. The molecule has 0 radical (unpaired) electrons. The van der Waals surface area contributed by atoms with Gasteiger partial charge in [0.2, 0.25) is 5.89 Å². The molecule has 1 saturated heterocycles. The molecule has 0 bridgehead atoms. The second-order valence-electron chi connectivity index (χ2n) is 5.24. The lowest BCUT2D eigenvalue weighted by molar-refractivity contribution is 0.239. The highest BCUT2D eigenvalue weighted by molar-refractivity contribution is 5.85. The molecule has 0 unspecified atom stereocenters. The number of anilines is 1. The molecule has 2 heterocycles. The van der Waals surface area contributed by atoms with E-state index in [1.165, 1.54) is 0 Å². The first-order chi connectivity index (χ1) is 10.8. The van der Waals surface area contributed by atoms with E-state index in [-0.39, 0.29) is 31.4 Å². The zero-order valence-corrected chi connectivity index (χ0v) is 15.2. The van der Waals surface area contributed by atoms with E-state index in [4.69, 9.17) is 15.0 Å². The summed E-state index contributed by atoms with van der Waals surface area (Å²) >= 11 is 0. The fourth-order valence-corrected chi connectivity index (χ4v) is 2.68. The largest absolute Gasteiger partial charge is 0.495 e. The summed E-state index contributed by atoms with van der Waals surface area (Å²) in [5.41, 5.74) is 6.63. The number of para-hydroxylation sites is 2. The zero-order chi connectivity index (χ0) is 15.4. The van der Waals surface area contributed by atoms with Gasteiger partial charge in [-0.25, -0.2) is 0 Å². The smallest absolute Gasteiger partial charge is 0.240 e. The van der Waals surface area contributed by atoms with Crippen LogP contribution in [0.4, 0.5) is 5.69 Å². The number of methoxy groups -OCH3 is 1. The molecule has 1 fully saturated rings. The molecule has 0 atom stereocenters. The quantitative estimate of drug-likeness (QED) is 0.851. The number of benzene rings is 1. The van der Waals surface area contributed by atoms with Gasteiger partial charge in [0.15, 0.2) is 5.82 Å². The van der Waals surface area contributed by atoms with Crippen LogP contribution in [0.1, 0.15) is 11.7 Å². The molecule has 3 rings (SSSR count). The van der Waals surface area contributed by atoms with Crippen molar-refractivity contribution in [3.05, 3.63) is 36.0 Å². The van der Waals surface area contributed by atoms with E-state index in [0.29, 0.717) is 18.3 Å². The average Bonchev–Trinajstić information content (AvgIpc) is 3.03. The summed E-state index contributed by atoms with van der Waals surface area (Å²) in [7, 11) is 1.71. The first-order valence-corrected chi connectivity index (χ1v) is 7.42. The molecule has 1 aliphatic heterocycles. The molecule has 24 heavy (non-hydrogen) atoms. The molecule has 0 spiro atoms. The predicted octanol–water partition coefficient (Wildman–Crippen LogP) is 1.70. The summed E-state index contributed by atoms with van der Waals surface area (Å²) in [5, 5.41) is 3.94. The highest BCUT2D eigenvalue weighted by atomic mass is 35.5. The Hall–Kier alpha value is -1.54. The van der Waals surface area contributed by atoms with Crippen LogP contribution in [-0.2, 0) is 13.1 Å². The highest BCUT2D eigenvalue weighted by Gasteiger charge is 2.20. The van der Waals surface area contributed by atoms with Crippen LogP contribution >= 0.6 is 24.8 Å². The monoisotopic (exact) mass is 375 g/mol. The van der Waals surface area contributed by atoms with Gasteiger partial charge in [-0.05, 0) is 12.1 Å². The van der Waals surface area contributed by atoms with Gasteiger partial charge in [0, 0.05) is 26.2 Å². The Labute approximate surface area is 154 Å². The number of ether oxygens (including phenoxy) is 1. The van der Waals surface area contributed by atoms with Gasteiger partial charge in [-0.1, -0.05) is 17.3 Å². The third-order valence-electron chi connectivity index (χ3n) is 3.85. The van der Waals surface area contributed by atoms with Crippen molar-refractivity contribution in [2.75, 3.05) is 38.2 Å². The van der Waals surface area contributed by atoms with Gasteiger partial charge in [-0.15, -0.1) is 24.8 Å². The van der Waals surface area contributed by atoms with E-state index in [9.17, 15) is 0 Å². The molecule has 2 N–H and O–H groups in total. The lowest BCUT2D eigenvalue weighted by atomic mass is 10.2. The number of hydrogen-bond acceptors (Lipinski definition) is 7. The SMILES string of the molecule is COc1ccccc1N1CCN(Cc2noc(CN)n2)CC1.Cl.Cl. The Morgan fingerprint density at radius 3 is 2.50 bits per heavy atom. The standard InChI is InChI=1S/C15H21N5O2.2ClH/c1-21-13-5-3-2-4-12(13)20-8-6-19(7-9-20)11-14-17-15(10-16)22-18-14;;/h2-5H,6-11,16H2,1H3;2*1H. The summed E-state index contributed by atoms with van der Waals surface area (Å²) in [5.74, 6) is 2.11. The van der Waals surface area contributed by atoms with Crippen molar-refractivity contribution in [1.82, 2.24) is 15.0 Å². The Morgan fingerprint density at radius 2 is 1.88 bits per heavy atom. The van der Waals surface area contributed by atoms with Crippen LogP contribution in [0.5, 0.6) is 5.75 Å². The normalized spacial score (nSPS) is 14.7. The number of rotatable bonds is 5. The van der Waals surface area contributed by atoms with Crippen LogP contribution in [0.2, 0.25) is 0 Å². The summed E-state index contributed by atoms with van der Waals surface area (Å²) in [6, 6.07) is 8.12. The Balaban J connectivity index is 0.00000144. The van der Waals surface area contributed by atoms with Crippen molar-refractivity contribution in [3.63, 3.8) is 0 Å². The van der Waals surface area contributed by atoms with Gasteiger partial charge in [0.05, 0.1) is 25.9 Å². The second kappa shape index (κ2) is 9.68. The van der Waals surface area contributed by atoms with E-state index in [2.05, 4.69) is 26.0 Å². The number of nitrogens with zero attached hydrogens (tertiary/aromatic N) is 4. The van der Waals surface area contributed by atoms with Crippen LogP contribution in [0, 0.1) is 0 Å². The fraction of sp³-hybridized carbons (Fsp3) is 0.467. The summed E-state index contributed by atoms with van der Waals surface area (Å²) in [6.45, 7) is 4.77. The van der Waals surface area contributed by atoms with Crippen LogP contribution in [0.15, 0.2) is 28.8 Å². The van der Waals surface area contributed by atoms with E-state index in [0.717, 1.165) is 37.6 Å². The molecule has 0 aliphatic carbocycles. The molecule has 1 aromatic carbocycles. The minimum atomic E-state index is 0. The first-order valence-electron chi connectivity index (χ1n) is 7.42. The maximum Gasteiger partial charge on any atom is 0.240 e. The van der Waals surface area contributed by atoms with Crippen molar-refractivity contribution < 1.29 is 9.26 Å². The molecular formula is C15H23Cl2N5O2. The van der Waals surface area contributed by atoms with Crippen LogP contribution in [-0.4, -0.2) is 48.3 Å². The molecule has 2 aromatic rings. The van der Waals surface area contributed by atoms with Gasteiger partial charge in [-0.3, -0.25) is 4.90 Å². The van der Waals surface area contributed by atoms with Crippen molar-refractivity contribution in [3.8, 4) is 5.75 Å². The fourth-order valence-electron chi connectivity index (χ4n) is 2.68. The van der Waals surface area contributed by atoms with Gasteiger partial charge < -0.3 is 19.9 Å². The first kappa shape index (κ1) is 20.5. The summed E-state index contributed by atoms with van der Waals surface area (Å²) in [4.78, 5) is 8.91. The maximum atomic E-state index is 5.48. The second-order valence-corrected chi connectivity index (χ2v) is 5.24. The Kier molecular flexibility index (Phi) is 8.27. The average molecular weight is 376 g/mol. The van der Waals surface area contributed by atoms with Gasteiger partial charge in [0.25, 0.3) is 0 Å². The molecule has 7 nitrogen and oxygen atoms in total. The minimum Gasteiger partial charge on any atom is -0.495 e. The number of piperazine rings is 1. The third kappa shape index (κ3) is 4.73. The van der Waals surface area contributed by atoms with Crippen molar-refractivity contribution >= 4 is 30.5 Å². The minimum absolute atomic E-state index is 0. The van der Waals surface area contributed by atoms with E-state index < -0.39 is 0 Å². The van der Waals surface area contributed by atoms with Crippen LogP contribution in [0.3, 0.4) is 0 Å². The Morgan fingerprint density at radius 1 is 1.17 bits per heavy atom. The number of hydrogen-bond donors (Lipinski definition) is 1. The van der Waals surface area contributed by atoms with E-state index in [1.807, 2.05) is 18.2 Å². The number of nitrogens with two attached hydrogens (primary N) is 1. The summed E-state index contributed by atoms with van der Waals surface area (Å²) in [6.07, 6.45) is 0. The van der Waals surface area contributed by atoms with E-state index >= 15 is 0 Å². The number of aromatic nitrogens is 2. The van der Waals surface area contributed by atoms with Crippen molar-refractivity contribution in [1.29, 1.82) is 0 Å². The Bertz CT molecular complexity index is 617. The molecule has 1 aromatic heterocycles. The third-order valence-corrected chi connectivity index (χ3v) is 3.85. The topological polar surface area (TPSA) is 80.7 Å². The van der Waals surface area contributed by atoms with Gasteiger partial charge >= 0.3 is 0 Å². The zero-order valence-electron chi connectivity index (χ0n) is 13.6. The predicted molar refractivity (Wildman–Crippen MR) is 97.2 cm³/mol. The van der Waals surface area contributed by atoms with Crippen LogP contribution in [0.25, 0.3) is 0 Å². The molecule has 134 valence electrons. The maximum absolute atomic E-state index is 5.48. The van der Waals surface area contributed by atoms with Crippen molar-refractivity contribution in [2.24, 2.45) is 5.73 Å². The van der Waals surface area contributed by atoms with Gasteiger partial charge in [0.1, 0.15) is 5.75 Å². The molecular weight excluding hydrogens is 353 g/mol. The molecule has 0 amide bonds. The molecule has 1 aliphatic rings. The molecule has 0 saturated carbocycles. The van der Waals surface area contributed by atoms with Crippen LogP contribution < -0.4 is 15.4 Å².